The fraction of sp³-hybridized carbons (Fsp3) is 0.483. The molecule has 0 bridgehead atoms. The fourth-order valence-corrected chi connectivity index (χ4v) is 6.22. The lowest BCUT2D eigenvalue weighted by molar-refractivity contribution is 0.119. The van der Waals surface area contributed by atoms with Crippen LogP contribution in [0.15, 0.2) is 36.5 Å². The molecule has 6 rings (SSSR count). The van der Waals surface area contributed by atoms with Crippen molar-refractivity contribution in [1.82, 2.24) is 24.8 Å². The second-order valence-corrected chi connectivity index (χ2v) is 10.8. The lowest BCUT2D eigenvalue weighted by Crippen LogP contribution is -2.55. The molecule has 2 aromatic heterocycles. The minimum absolute atomic E-state index is 0.135. The van der Waals surface area contributed by atoms with Crippen LogP contribution in [0.1, 0.15) is 30.5 Å². The Labute approximate surface area is 233 Å². The van der Waals surface area contributed by atoms with E-state index in [2.05, 4.69) is 44.9 Å². The van der Waals surface area contributed by atoms with Gasteiger partial charge in [-0.3, -0.25) is 4.98 Å². The third-order valence-corrected chi connectivity index (χ3v) is 8.42. The molecule has 3 aliphatic rings. The van der Waals surface area contributed by atoms with Crippen molar-refractivity contribution >= 4 is 28.5 Å². The highest BCUT2D eigenvalue weighted by Crippen LogP contribution is 2.34. The lowest BCUT2D eigenvalue weighted by Gasteiger charge is -2.41. The molecule has 1 N–H and O–H groups in total. The molecular weight excluding hydrogens is 508 g/mol. The van der Waals surface area contributed by atoms with E-state index in [1.807, 2.05) is 24.4 Å². The van der Waals surface area contributed by atoms with Crippen LogP contribution in [-0.4, -0.2) is 94.4 Å². The van der Waals surface area contributed by atoms with Crippen molar-refractivity contribution in [2.75, 3.05) is 56.2 Å². The summed E-state index contributed by atoms with van der Waals surface area (Å²) < 4.78 is 6.23. The monoisotopic (exact) mass is 542 g/mol. The topological polar surface area (TPSA) is 122 Å². The summed E-state index contributed by atoms with van der Waals surface area (Å²) in [5, 5.41) is 20.2. The summed E-state index contributed by atoms with van der Waals surface area (Å²) in [6.07, 6.45) is 3.94. The molecule has 208 valence electrons. The number of fused-ring (bicyclic) bond motifs is 2. The third-order valence-electron chi connectivity index (χ3n) is 8.42. The van der Waals surface area contributed by atoms with Crippen molar-refractivity contribution in [2.45, 2.75) is 44.3 Å². The van der Waals surface area contributed by atoms with Crippen LogP contribution in [0.25, 0.3) is 10.9 Å². The summed E-state index contributed by atoms with van der Waals surface area (Å²) >= 11 is 0. The molecule has 11 heteroatoms. The standard InChI is InChI=1S/C29H34N8O3/c1-34-13-4-5-21(34)19-40-28-32-25-18-35(26-8-2-7-24-22(26)6-3-12-31-24)14-10-23(25)27(33-28)36-15-16-37(29(38)39)20(17-36)9-11-30/h2-3,6-8,12,20-21H,4-5,9-10,13-19H2,1H3,(H,38,39). The zero-order valence-electron chi connectivity index (χ0n) is 22.7. The van der Waals surface area contributed by atoms with Gasteiger partial charge in [0.1, 0.15) is 12.4 Å². The number of amides is 1. The molecule has 2 fully saturated rings. The van der Waals surface area contributed by atoms with Crippen molar-refractivity contribution in [2.24, 2.45) is 0 Å². The van der Waals surface area contributed by atoms with Crippen LogP contribution in [0, 0.1) is 11.3 Å². The summed E-state index contributed by atoms with van der Waals surface area (Å²) in [6.45, 7) is 4.22. The van der Waals surface area contributed by atoms with Crippen LogP contribution >= 0.6 is 0 Å². The molecule has 0 spiro atoms. The van der Waals surface area contributed by atoms with Gasteiger partial charge in [-0.25, -0.2) is 4.79 Å². The second kappa shape index (κ2) is 11.1. The highest BCUT2D eigenvalue weighted by Gasteiger charge is 2.34. The van der Waals surface area contributed by atoms with E-state index >= 15 is 0 Å². The molecule has 40 heavy (non-hydrogen) atoms. The van der Waals surface area contributed by atoms with Crippen molar-refractivity contribution in [3.05, 3.63) is 47.8 Å². The number of pyridine rings is 1. The molecule has 0 radical (unpaired) electrons. The van der Waals surface area contributed by atoms with Crippen LogP contribution in [0.2, 0.25) is 0 Å². The first-order valence-corrected chi connectivity index (χ1v) is 13.9. The van der Waals surface area contributed by atoms with Crippen LogP contribution < -0.4 is 14.5 Å². The highest BCUT2D eigenvalue weighted by atomic mass is 16.5. The molecule has 3 aromatic rings. The molecule has 1 aromatic carbocycles. The maximum absolute atomic E-state index is 11.8. The Kier molecular flexibility index (Phi) is 7.26. The number of aromatic nitrogens is 3. The molecule has 2 saturated heterocycles. The first kappa shape index (κ1) is 26.1. The van der Waals surface area contributed by atoms with Gasteiger partial charge in [0.15, 0.2) is 0 Å². The second-order valence-electron chi connectivity index (χ2n) is 10.8. The molecule has 2 unspecified atom stereocenters. The summed E-state index contributed by atoms with van der Waals surface area (Å²) in [7, 11) is 2.12. The number of benzene rings is 1. The normalized spacial score (nSPS) is 21.4. The van der Waals surface area contributed by atoms with Crippen molar-refractivity contribution in [3.63, 3.8) is 0 Å². The van der Waals surface area contributed by atoms with Gasteiger partial charge < -0.3 is 29.4 Å². The van der Waals surface area contributed by atoms with Gasteiger partial charge in [-0.1, -0.05) is 6.07 Å². The molecular formula is C29H34N8O3. The van der Waals surface area contributed by atoms with E-state index in [-0.39, 0.29) is 6.42 Å². The van der Waals surface area contributed by atoms with E-state index < -0.39 is 12.1 Å². The Bertz CT molecular complexity index is 1440. The average Bonchev–Trinajstić information content (AvgIpc) is 3.39. The number of piperazine rings is 1. The Balaban J connectivity index is 1.33. The maximum atomic E-state index is 11.8. The largest absolute Gasteiger partial charge is 0.465 e. The number of likely N-dealkylation sites (N-methyl/N-ethyl adjacent to an activating group) is 1. The van der Waals surface area contributed by atoms with Gasteiger partial charge in [0.05, 0.1) is 36.3 Å². The molecule has 2 atom stereocenters. The first-order chi connectivity index (χ1) is 19.5. The van der Waals surface area contributed by atoms with Gasteiger partial charge in [0, 0.05) is 55.1 Å². The Morgan fingerprint density at radius 1 is 1.12 bits per heavy atom. The molecule has 3 aliphatic heterocycles. The van der Waals surface area contributed by atoms with E-state index in [0.29, 0.717) is 44.8 Å². The average molecular weight is 543 g/mol. The number of hydrogen-bond acceptors (Lipinski definition) is 9. The van der Waals surface area contributed by atoms with Gasteiger partial charge in [-0.15, -0.1) is 0 Å². The molecule has 0 saturated carbocycles. The number of ether oxygens (including phenoxy) is 1. The van der Waals surface area contributed by atoms with Crippen LogP contribution in [0.4, 0.5) is 16.3 Å². The number of rotatable bonds is 6. The third kappa shape index (κ3) is 5.07. The quantitative estimate of drug-likeness (QED) is 0.497. The Morgan fingerprint density at radius 3 is 2.83 bits per heavy atom. The Hall–Kier alpha value is -4.17. The molecule has 11 nitrogen and oxygen atoms in total. The van der Waals surface area contributed by atoms with Gasteiger partial charge in [-0.05, 0) is 57.1 Å². The Morgan fingerprint density at radius 2 is 2.02 bits per heavy atom. The zero-order valence-corrected chi connectivity index (χ0v) is 22.7. The van der Waals surface area contributed by atoms with Gasteiger partial charge in [0.2, 0.25) is 0 Å². The van der Waals surface area contributed by atoms with Gasteiger partial charge in [0.25, 0.3) is 0 Å². The molecule has 0 aliphatic carbocycles. The van der Waals surface area contributed by atoms with Crippen molar-refractivity contribution in [3.8, 4) is 12.1 Å². The minimum Gasteiger partial charge on any atom is -0.465 e. The fourth-order valence-electron chi connectivity index (χ4n) is 6.22. The van der Waals surface area contributed by atoms with E-state index in [0.717, 1.165) is 66.0 Å². The van der Waals surface area contributed by atoms with Gasteiger partial charge >= 0.3 is 12.1 Å². The van der Waals surface area contributed by atoms with Crippen LogP contribution in [0.5, 0.6) is 6.01 Å². The maximum Gasteiger partial charge on any atom is 0.407 e. The summed E-state index contributed by atoms with van der Waals surface area (Å²) in [5.74, 6) is 0.798. The van der Waals surface area contributed by atoms with E-state index in [4.69, 9.17) is 14.7 Å². The van der Waals surface area contributed by atoms with Crippen molar-refractivity contribution in [1.29, 1.82) is 5.26 Å². The predicted molar refractivity (Wildman–Crippen MR) is 151 cm³/mol. The summed E-state index contributed by atoms with van der Waals surface area (Å²) in [4.78, 5) is 34.3. The van der Waals surface area contributed by atoms with E-state index in [9.17, 15) is 15.2 Å². The first-order valence-electron chi connectivity index (χ1n) is 13.9. The van der Waals surface area contributed by atoms with Crippen molar-refractivity contribution < 1.29 is 14.6 Å². The number of carboxylic acid groups (broad SMARTS) is 1. The van der Waals surface area contributed by atoms with E-state index in [1.54, 1.807) is 0 Å². The minimum atomic E-state index is -0.991. The molecule has 5 heterocycles. The van der Waals surface area contributed by atoms with Crippen LogP contribution in [-0.2, 0) is 13.0 Å². The number of likely N-dealkylation sites (tertiary alicyclic amines) is 1. The highest BCUT2D eigenvalue weighted by molar-refractivity contribution is 5.91. The lowest BCUT2D eigenvalue weighted by atomic mass is 10.0. The number of hydrogen-bond donors (Lipinski definition) is 1. The molecule has 1 amide bonds. The summed E-state index contributed by atoms with van der Waals surface area (Å²) in [6, 6.07) is 12.7. The van der Waals surface area contributed by atoms with E-state index in [1.165, 1.54) is 4.90 Å². The number of nitriles is 1. The van der Waals surface area contributed by atoms with Crippen LogP contribution in [0.3, 0.4) is 0 Å². The van der Waals surface area contributed by atoms with Gasteiger partial charge in [-0.2, -0.15) is 15.2 Å². The SMILES string of the molecule is CN1CCCC1COc1nc2c(c(N3CCN(C(=O)O)C(CC#N)C3)n1)CCN(c1cccc3ncccc13)C2. The zero-order chi connectivity index (χ0) is 27.6. The number of anilines is 2. The summed E-state index contributed by atoms with van der Waals surface area (Å²) in [5.41, 5.74) is 4.07. The number of carbonyl (C=O) groups is 1. The number of nitrogens with zero attached hydrogens (tertiary/aromatic N) is 8. The predicted octanol–water partition coefficient (Wildman–Crippen LogP) is 3.14. The smallest absolute Gasteiger partial charge is 0.407 e.